The van der Waals surface area contributed by atoms with E-state index >= 15 is 0 Å². The minimum atomic E-state index is -0.521. The topological polar surface area (TPSA) is 59.0 Å². The lowest BCUT2D eigenvalue weighted by Gasteiger charge is -2.47. The number of rotatable bonds is 3. The van der Waals surface area contributed by atoms with E-state index in [4.69, 9.17) is 9.47 Å². The number of aliphatic hydroxyl groups is 1. The van der Waals surface area contributed by atoms with Crippen LogP contribution in [0.5, 0.6) is 11.5 Å². The Morgan fingerprint density at radius 2 is 2.12 bits per heavy atom. The second-order valence-electron chi connectivity index (χ2n) is 7.32. The first-order chi connectivity index (χ1) is 11.6. The zero-order valence-corrected chi connectivity index (χ0v) is 14.0. The minimum Gasteiger partial charge on any atom is -0.454 e. The average Bonchev–Trinajstić information content (AvgIpc) is 3.06. The SMILES string of the molecule is O=C(CCc1ccc2c(c1)OCO2)N1CC[C@]2(O)CCCC[C@H]2C1. The molecule has 2 heterocycles. The van der Waals surface area contributed by atoms with E-state index in [0.29, 0.717) is 19.4 Å². The second kappa shape index (κ2) is 6.28. The molecule has 2 fully saturated rings. The Kier molecular flexibility index (Phi) is 4.12. The first-order valence-electron chi connectivity index (χ1n) is 9.03. The van der Waals surface area contributed by atoms with Crippen LogP contribution in [0.1, 0.15) is 44.1 Å². The standard InChI is InChI=1S/C19H25NO4/c21-18(7-5-14-4-6-16-17(11-14)24-13-23-16)20-10-9-19(22)8-2-1-3-15(19)12-20/h4,6,11,15,22H,1-3,5,7-10,12-13H2/t15-,19+/m0/s1. The number of carbonyl (C=O) groups excluding carboxylic acids is 1. The van der Waals surface area contributed by atoms with E-state index in [9.17, 15) is 9.90 Å². The minimum absolute atomic E-state index is 0.195. The number of benzene rings is 1. The van der Waals surface area contributed by atoms with E-state index in [-0.39, 0.29) is 18.6 Å². The van der Waals surface area contributed by atoms with Gasteiger partial charge in [0.1, 0.15) is 0 Å². The van der Waals surface area contributed by atoms with E-state index in [1.54, 1.807) is 0 Å². The number of aryl methyl sites for hydroxylation is 1. The van der Waals surface area contributed by atoms with Crippen LogP contribution in [0, 0.1) is 5.92 Å². The van der Waals surface area contributed by atoms with Gasteiger partial charge in [-0.1, -0.05) is 18.9 Å². The molecule has 0 spiro atoms. The van der Waals surface area contributed by atoms with Gasteiger partial charge in [-0.3, -0.25) is 4.79 Å². The Morgan fingerprint density at radius 3 is 3.04 bits per heavy atom. The first kappa shape index (κ1) is 15.8. The van der Waals surface area contributed by atoms with E-state index in [0.717, 1.165) is 49.3 Å². The summed E-state index contributed by atoms with van der Waals surface area (Å²) in [5, 5.41) is 10.7. The summed E-state index contributed by atoms with van der Waals surface area (Å²) in [4.78, 5) is 14.5. The number of amides is 1. The number of likely N-dealkylation sites (tertiary alicyclic amines) is 1. The molecule has 1 aliphatic carbocycles. The molecule has 0 aromatic heterocycles. The van der Waals surface area contributed by atoms with Crippen molar-refractivity contribution in [2.75, 3.05) is 19.9 Å². The summed E-state index contributed by atoms with van der Waals surface area (Å²) in [6, 6.07) is 5.87. The van der Waals surface area contributed by atoms with Gasteiger partial charge < -0.3 is 19.5 Å². The summed E-state index contributed by atoms with van der Waals surface area (Å²) < 4.78 is 10.7. The van der Waals surface area contributed by atoms with Gasteiger partial charge in [0.2, 0.25) is 12.7 Å². The molecule has 0 bridgehead atoms. The molecular formula is C19H25NO4. The third-order valence-corrected chi connectivity index (χ3v) is 5.84. The quantitative estimate of drug-likeness (QED) is 0.924. The highest BCUT2D eigenvalue weighted by molar-refractivity contribution is 5.76. The van der Waals surface area contributed by atoms with E-state index < -0.39 is 5.60 Å². The number of fused-ring (bicyclic) bond motifs is 2. The maximum absolute atomic E-state index is 12.6. The van der Waals surface area contributed by atoms with Crippen molar-refractivity contribution in [3.05, 3.63) is 23.8 Å². The predicted octanol–water partition coefficient (Wildman–Crippen LogP) is 2.50. The van der Waals surface area contributed by atoms with Gasteiger partial charge in [-0.2, -0.15) is 0 Å². The molecule has 1 N–H and O–H groups in total. The van der Waals surface area contributed by atoms with Gasteiger partial charge >= 0.3 is 0 Å². The van der Waals surface area contributed by atoms with Gasteiger partial charge in [0.15, 0.2) is 11.5 Å². The fraction of sp³-hybridized carbons (Fsp3) is 0.632. The van der Waals surface area contributed by atoms with Crippen LogP contribution in [-0.2, 0) is 11.2 Å². The number of ether oxygens (including phenoxy) is 2. The maximum atomic E-state index is 12.6. The number of hydrogen-bond donors (Lipinski definition) is 1. The molecule has 130 valence electrons. The lowest BCUT2D eigenvalue weighted by molar-refractivity contribution is -0.143. The fourth-order valence-electron chi connectivity index (χ4n) is 4.30. The molecule has 5 heteroatoms. The number of piperidine rings is 1. The second-order valence-corrected chi connectivity index (χ2v) is 7.32. The Labute approximate surface area is 142 Å². The van der Waals surface area contributed by atoms with Crippen LogP contribution >= 0.6 is 0 Å². The van der Waals surface area contributed by atoms with Gasteiger partial charge in [-0.05, 0) is 43.4 Å². The van der Waals surface area contributed by atoms with Crippen LogP contribution in [0.4, 0.5) is 0 Å². The summed E-state index contributed by atoms with van der Waals surface area (Å²) in [6.07, 6.45) is 6.18. The number of nitrogens with zero attached hydrogens (tertiary/aromatic N) is 1. The van der Waals surface area contributed by atoms with Crippen molar-refractivity contribution in [3.8, 4) is 11.5 Å². The van der Waals surface area contributed by atoms with Crippen molar-refractivity contribution in [2.24, 2.45) is 5.92 Å². The van der Waals surface area contributed by atoms with Gasteiger partial charge in [0, 0.05) is 25.4 Å². The third-order valence-electron chi connectivity index (χ3n) is 5.84. The summed E-state index contributed by atoms with van der Waals surface area (Å²) >= 11 is 0. The molecule has 0 unspecified atom stereocenters. The summed E-state index contributed by atoms with van der Waals surface area (Å²) in [6.45, 7) is 1.68. The summed E-state index contributed by atoms with van der Waals surface area (Å²) in [5.74, 6) is 2.00. The van der Waals surface area contributed by atoms with E-state index in [2.05, 4.69) is 0 Å². The fourth-order valence-corrected chi connectivity index (χ4v) is 4.30. The Bertz CT molecular complexity index is 632. The van der Waals surface area contributed by atoms with Gasteiger partial charge in [-0.25, -0.2) is 0 Å². The highest BCUT2D eigenvalue weighted by Crippen LogP contribution is 2.40. The number of hydrogen-bond acceptors (Lipinski definition) is 4. The lowest BCUT2D eigenvalue weighted by atomic mass is 9.71. The molecule has 3 aliphatic rings. The van der Waals surface area contributed by atoms with Crippen LogP contribution in [0.2, 0.25) is 0 Å². The van der Waals surface area contributed by atoms with E-state index in [1.165, 1.54) is 6.42 Å². The Balaban J connectivity index is 1.33. The van der Waals surface area contributed by atoms with Crippen LogP contribution in [0.15, 0.2) is 18.2 Å². The first-order valence-corrected chi connectivity index (χ1v) is 9.03. The highest BCUT2D eigenvalue weighted by Gasteiger charge is 2.43. The molecule has 0 radical (unpaired) electrons. The van der Waals surface area contributed by atoms with Crippen molar-refractivity contribution in [1.29, 1.82) is 0 Å². The summed E-state index contributed by atoms with van der Waals surface area (Å²) in [5.41, 5.74) is 0.575. The molecular weight excluding hydrogens is 306 g/mol. The van der Waals surface area contributed by atoms with Crippen molar-refractivity contribution >= 4 is 5.91 Å². The molecule has 1 aromatic rings. The zero-order chi connectivity index (χ0) is 16.6. The van der Waals surface area contributed by atoms with Crippen LogP contribution in [0.3, 0.4) is 0 Å². The monoisotopic (exact) mass is 331 g/mol. The molecule has 1 aromatic carbocycles. The van der Waals surface area contributed by atoms with Crippen molar-refractivity contribution in [3.63, 3.8) is 0 Å². The van der Waals surface area contributed by atoms with Crippen LogP contribution < -0.4 is 9.47 Å². The smallest absolute Gasteiger partial charge is 0.231 e. The molecule has 1 saturated carbocycles. The van der Waals surface area contributed by atoms with Crippen molar-refractivity contribution < 1.29 is 19.4 Å². The molecule has 2 aliphatic heterocycles. The van der Waals surface area contributed by atoms with Gasteiger partial charge in [-0.15, -0.1) is 0 Å². The highest BCUT2D eigenvalue weighted by atomic mass is 16.7. The molecule has 1 saturated heterocycles. The molecule has 5 nitrogen and oxygen atoms in total. The van der Waals surface area contributed by atoms with Crippen LogP contribution in [-0.4, -0.2) is 41.4 Å². The van der Waals surface area contributed by atoms with Crippen molar-refractivity contribution in [2.45, 2.75) is 50.5 Å². The zero-order valence-electron chi connectivity index (χ0n) is 14.0. The lowest BCUT2D eigenvalue weighted by Crippen LogP contribution is -2.54. The summed E-state index contributed by atoms with van der Waals surface area (Å²) in [7, 11) is 0. The maximum Gasteiger partial charge on any atom is 0.231 e. The van der Waals surface area contributed by atoms with Crippen LogP contribution in [0.25, 0.3) is 0 Å². The molecule has 4 rings (SSSR count). The van der Waals surface area contributed by atoms with E-state index in [1.807, 2.05) is 23.1 Å². The predicted molar refractivity (Wildman–Crippen MR) is 89.0 cm³/mol. The normalized spacial score (nSPS) is 28.5. The largest absolute Gasteiger partial charge is 0.454 e. The number of carbonyl (C=O) groups is 1. The third kappa shape index (κ3) is 2.97. The molecule has 1 amide bonds. The van der Waals surface area contributed by atoms with Gasteiger partial charge in [0.25, 0.3) is 0 Å². The molecule has 2 atom stereocenters. The molecule has 24 heavy (non-hydrogen) atoms. The van der Waals surface area contributed by atoms with Gasteiger partial charge in [0.05, 0.1) is 5.60 Å². The van der Waals surface area contributed by atoms with Crippen molar-refractivity contribution in [1.82, 2.24) is 4.90 Å². The Morgan fingerprint density at radius 1 is 1.25 bits per heavy atom. The Hall–Kier alpha value is -1.75. The average molecular weight is 331 g/mol.